The molecule has 1 aromatic carbocycles. The summed E-state index contributed by atoms with van der Waals surface area (Å²) in [6, 6.07) is 10.4. The van der Waals surface area contributed by atoms with Crippen LogP contribution in [0.15, 0.2) is 42.6 Å². The minimum absolute atomic E-state index is 0.254. The van der Waals surface area contributed by atoms with Gasteiger partial charge in [-0.15, -0.1) is 0 Å². The number of methoxy groups -OCH3 is 1. The maximum Gasteiger partial charge on any atom is 0.180 e. The highest BCUT2D eigenvalue weighted by Crippen LogP contribution is 2.30. The van der Waals surface area contributed by atoms with Gasteiger partial charge in [0.25, 0.3) is 0 Å². The molecule has 0 aliphatic rings. The Morgan fingerprint density at radius 2 is 1.95 bits per heavy atom. The van der Waals surface area contributed by atoms with Gasteiger partial charge in [-0.25, -0.2) is 9.37 Å². The summed E-state index contributed by atoms with van der Waals surface area (Å²) in [5, 5.41) is 0. The standard InChI is InChI=1S/C15H13FN2O/c1-10-14(11-6-3-4-7-12(11)16)18-9-5-8-13(19-2)15(18)17-10/h3-9H,1-2H3. The second-order valence-electron chi connectivity index (χ2n) is 4.30. The Morgan fingerprint density at radius 1 is 1.16 bits per heavy atom. The fourth-order valence-corrected chi connectivity index (χ4v) is 2.29. The first-order valence-electron chi connectivity index (χ1n) is 5.99. The van der Waals surface area contributed by atoms with Gasteiger partial charge in [0.1, 0.15) is 5.82 Å². The summed E-state index contributed by atoms with van der Waals surface area (Å²) in [5.74, 6) is 0.420. The number of pyridine rings is 1. The molecular formula is C15H13FN2O. The normalized spacial score (nSPS) is 10.9. The summed E-state index contributed by atoms with van der Waals surface area (Å²) in [6.07, 6.45) is 1.86. The summed E-state index contributed by atoms with van der Waals surface area (Å²) in [5.41, 5.74) is 2.77. The zero-order valence-corrected chi connectivity index (χ0v) is 10.7. The molecule has 4 heteroatoms. The van der Waals surface area contributed by atoms with Gasteiger partial charge in [-0.2, -0.15) is 0 Å². The van der Waals surface area contributed by atoms with Crippen LogP contribution in [0.4, 0.5) is 4.39 Å². The Labute approximate surface area is 110 Å². The number of benzene rings is 1. The third kappa shape index (κ3) is 1.76. The van der Waals surface area contributed by atoms with Crippen LogP contribution in [0.5, 0.6) is 5.75 Å². The van der Waals surface area contributed by atoms with Crippen LogP contribution in [0, 0.1) is 12.7 Å². The van der Waals surface area contributed by atoms with Crippen LogP contribution in [-0.4, -0.2) is 16.5 Å². The molecule has 0 saturated carbocycles. The first-order chi connectivity index (χ1) is 9.22. The molecule has 0 unspecified atom stereocenters. The molecule has 96 valence electrons. The van der Waals surface area contributed by atoms with Gasteiger partial charge in [-0.3, -0.25) is 4.40 Å². The third-order valence-corrected chi connectivity index (χ3v) is 3.14. The maximum atomic E-state index is 14.0. The number of imidazole rings is 1. The van der Waals surface area contributed by atoms with Crippen LogP contribution >= 0.6 is 0 Å². The van der Waals surface area contributed by atoms with E-state index in [1.165, 1.54) is 6.07 Å². The lowest BCUT2D eigenvalue weighted by Gasteiger charge is -2.06. The molecule has 0 fully saturated rings. The zero-order valence-electron chi connectivity index (χ0n) is 10.7. The SMILES string of the molecule is COc1cccn2c(-c3ccccc3F)c(C)nc12. The maximum absolute atomic E-state index is 14.0. The van der Waals surface area contributed by atoms with Crippen molar-refractivity contribution in [2.75, 3.05) is 7.11 Å². The number of aromatic nitrogens is 2. The number of hydrogen-bond donors (Lipinski definition) is 0. The van der Waals surface area contributed by atoms with Crippen LogP contribution in [0.1, 0.15) is 5.69 Å². The summed E-state index contributed by atoms with van der Waals surface area (Å²) in [4.78, 5) is 4.47. The summed E-state index contributed by atoms with van der Waals surface area (Å²) in [6.45, 7) is 1.87. The van der Waals surface area contributed by atoms with Gasteiger partial charge < -0.3 is 4.74 Å². The van der Waals surface area contributed by atoms with E-state index < -0.39 is 0 Å². The third-order valence-electron chi connectivity index (χ3n) is 3.14. The quantitative estimate of drug-likeness (QED) is 0.702. The van der Waals surface area contributed by atoms with E-state index in [1.54, 1.807) is 19.2 Å². The molecule has 0 aliphatic heterocycles. The number of nitrogens with zero attached hydrogens (tertiary/aromatic N) is 2. The van der Waals surface area contributed by atoms with E-state index in [1.807, 2.05) is 35.7 Å². The van der Waals surface area contributed by atoms with E-state index in [4.69, 9.17) is 4.74 Å². The molecule has 19 heavy (non-hydrogen) atoms. The molecule has 0 bridgehead atoms. The fraction of sp³-hybridized carbons (Fsp3) is 0.133. The van der Waals surface area contributed by atoms with E-state index in [-0.39, 0.29) is 5.82 Å². The molecule has 0 N–H and O–H groups in total. The summed E-state index contributed by atoms with van der Waals surface area (Å²) in [7, 11) is 1.60. The number of aryl methyl sites for hydroxylation is 1. The predicted octanol–water partition coefficient (Wildman–Crippen LogP) is 3.46. The van der Waals surface area contributed by atoms with Gasteiger partial charge in [0.05, 0.1) is 18.5 Å². The van der Waals surface area contributed by atoms with Gasteiger partial charge in [0.2, 0.25) is 0 Å². The van der Waals surface area contributed by atoms with Gasteiger partial charge in [0.15, 0.2) is 11.4 Å². The molecule has 0 amide bonds. The van der Waals surface area contributed by atoms with E-state index >= 15 is 0 Å². The van der Waals surface area contributed by atoms with Gasteiger partial charge >= 0.3 is 0 Å². The lowest BCUT2D eigenvalue weighted by atomic mass is 10.1. The molecule has 0 atom stereocenters. The molecule has 2 heterocycles. The second kappa shape index (κ2) is 4.39. The molecule has 3 rings (SSSR count). The topological polar surface area (TPSA) is 26.5 Å². The number of halogens is 1. The second-order valence-corrected chi connectivity index (χ2v) is 4.30. The monoisotopic (exact) mass is 256 g/mol. The lowest BCUT2D eigenvalue weighted by Crippen LogP contribution is -1.93. The van der Waals surface area contributed by atoms with Crippen LogP contribution in [0.2, 0.25) is 0 Å². The Kier molecular flexibility index (Phi) is 2.71. The first-order valence-corrected chi connectivity index (χ1v) is 5.99. The highest BCUT2D eigenvalue weighted by molar-refractivity contribution is 5.70. The average molecular weight is 256 g/mol. The Bertz CT molecular complexity index is 749. The largest absolute Gasteiger partial charge is 0.493 e. The van der Waals surface area contributed by atoms with E-state index in [9.17, 15) is 4.39 Å². The van der Waals surface area contributed by atoms with Crippen molar-refractivity contribution in [1.82, 2.24) is 9.38 Å². The molecule has 0 radical (unpaired) electrons. The molecule has 0 aliphatic carbocycles. The van der Waals surface area contributed by atoms with Crippen molar-refractivity contribution in [3.8, 4) is 17.0 Å². The van der Waals surface area contributed by atoms with E-state index in [0.29, 0.717) is 17.0 Å². The lowest BCUT2D eigenvalue weighted by molar-refractivity contribution is 0.417. The van der Waals surface area contributed by atoms with Crippen LogP contribution < -0.4 is 4.74 Å². The van der Waals surface area contributed by atoms with Crippen molar-refractivity contribution in [1.29, 1.82) is 0 Å². The van der Waals surface area contributed by atoms with Gasteiger partial charge in [0, 0.05) is 11.8 Å². The number of fused-ring (bicyclic) bond motifs is 1. The van der Waals surface area contributed by atoms with Crippen LogP contribution in [0.3, 0.4) is 0 Å². The number of rotatable bonds is 2. The van der Waals surface area contributed by atoms with Crippen molar-refractivity contribution in [2.24, 2.45) is 0 Å². The minimum atomic E-state index is -0.254. The molecule has 2 aromatic heterocycles. The van der Waals surface area contributed by atoms with Crippen molar-refractivity contribution in [3.63, 3.8) is 0 Å². The molecule has 0 saturated heterocycles. The Morgan fingerprint density at radius 3 is 2.68 bits per heavy atom. The number of ether oxygens (including phenoxy) is 1. The minimum Gasteiger partial charge on any atom is -0.493 e. The smallest absolute Gasteiger partial charge is 0.180 e. The van der Waals surface area contributed by atoms with Gasteiger partial charge in [-0.1, -0.05) is 12.1 Å². The van der Waals surface area contributed by atoms with Crippen LogP contribution in [-0.2, 0) is 0 Å². The first kappa shape index (κ1) is 11.7. The van der Waals surface area contributed by atoms with Crippen molar-refractivity contribution in [2.45, 2.75) is 6.92 Å². The number of hydrogen-bond acceptors (Lipinski definition) is 2. The van der Waals surface area contributed by atoms with Crippen molar-refractivity contribution in [3.05, 3.63) is 54.1 Å². The van der Waals surface area contributed by atoms with Crippen molar-refractivity contribution >= 4 is 5.65 Å². The highest BCUT2D eigenvalue weighted by Gasteiger charge is 2.16. The van der Waals surface area contributed by atoms with Crippen molar-refractivity contribution < 1.29 is 9.13 Å². The molecular weight excluding hydrogens is 243 g/mol. The van der Waals surface area contributed by atoms with Crippen LogP contribution in [0.25, 0.3) is 16.9 Å². The van der Waals surface area contributed by atoms with E-state index in [2.05, 4.69) is 4.98 Å². The Hall–Kier alpha value is -2.36. The molecule has 0 spiro atoms. The van der Waals surface area contributed by atoms with Gasteiger partial charge in [-0.05, 0) is 31.2 Å². The highest BCUT2D eigenvalue weighted by atomic mass is 19.1. The molecule has 3 aromatic rings. The zero-order chi connectivity index (χ0) is 13.4. The Balaban J connectivity index is 2.36. The van der Waals surface area contributed by atoms with E-state index in [0.717, 1.165) is 11.4 Å². The average Bonchev–Trinajstić information content (AvgIpc) is 2.75. The fourth-order valence-electron chi connectivity index (χ4n) is 2.29. The predicted molar refractivity (Wildman–Crippen MR) is 71.9 cm³/mol. The summed E-state index contributed by atoms with van der Waals surface area (Å²) < 4.78 is 21.1. The molecule has 3 nitrogen and oxygen atoms in total. The summed E-state index contributed by atoms with van der Waals surface area (Å²) >= 11 is 0.